The van der Waals surface area contributed by atoms with Crippen LogP contribution < -0.4 is 20.5 Å². The van der Waals surface area contributed by atoms with Gasteiger partial charge in [0.2, 0.25) is 10.0 Å². The molecule has 1 saturated carbocycles. The average molecular weight is 546 g/mol. The molecule has 0 radical (unpaired) electrons. The van der Waals surface area contributed by atoms with Crippen molar-refractivity contribution in [3.05, 3.63) is 51.4 Å². The molecule has 36 heavy (non-hydrogen) atoms. The molecule has 2 aromatic rings. The van der Waals surface area contributed by atoms with Gasteiger partial charge >= 0.3 is 6.09 Å². The Morgan fingerprint density at radius 1 is 1.14 bits per heavy atom. The second-order valence-corrected chi connectivity index (χ2v) is 10.9. The molecule has 2 N–H and O–H groups in total. The lowest BCUT2D eigenvalue weighted by atomic mass is 9.92. The number of rotatable bonds is 6. The number of ether oxygens (including phenoxy) is 1. The van der Waals surface area contributed by atoms with Gasteiger partial charge in [-0.05, 0) is 37.8 Å². The predicted octanol–water partition coefficient (Wildman–Crippen LogP) is 2.31. The topological polar surface area (TPSA) is 123 Å². The summed E-state index contributed by atoms with van der Waals surface area (Å²) in [4.78, 5) is 25.3. The summed E-state index contributed by atoms with van der Waals surface area (Å²) in [6.45, 7) is 0.906. The Bertz CT molecular complexity index is 1280. The van der Waals surface area contributed by atoms with E-state index in [1.54, 1.807) is 0 Å². The van der Waals surface area contributed by atoms with E-state index in [1.165, 1.54) is 13.2 Å². The Hall–Kier alpha value is -2.77. The monoisotopic (exact) mass is 545 g/mol. The average Bonchev–Trinajstić information content (AvgIpc) is 3.26. The third-order valence-corrected chi connectivity index (χ3v) is 8.30. The molecule has 1 amide bonds. The predicted molar refractivity (Wildman–Crippen MR) is 127 cm³/mol. The van der Waals surface area contributed by atoms with Gasteiger partial charge in [-0.2, -0.15) is 5.10 Å². The van der Waals surface area contributed by atoms with Crippen LogP contribution in [-0.2, 0) is 21.8 Å². The van der Waals surface area contributed by atoms with Crippen LogP contribution in [0, 0.1) is 11.6 Å². The maximum atomic E-state index is 13.9. The third kappa shape index (κ3) is 5.79. The van der Waals surface area contributed by atoms with Gasteiger partial charge in [0.25, 0.3) is 5.56 Å². The van der Waals surface area contributed by atoms with Gasteiger partial charge in [-0.25, -0.2) is 31.4 Å². The molecule has 1 aromatic heterocycles. The molecule has 1 saturated heterocycles. The molecule has 0 unspecified atom stereocenters. The zero-order valence-corrected chi connectivity index (χ0v) is 21.0. The van der Waals surface area contributed by atoms with Gasteiger partial charge in [-0.3, -0.25) is 4.79 Å². The number of alkyl carbamates (subject to hydrolysis) is 1. The van der Waals surface area contributed by atoms with E-state index in [-0.39, 0.29) is 11.1 Å². The fourth-order valence-electron chi connectivity index (χ4n) is 4.49. The highest BCUT2D eigenvalue weighted by molar-refractivity contribution is 7.89. The molecule has 1 aromatic carbocycles. The minimum Gasteiger partial charge on any atom is -0.444 e. The van der Waals surface area contributed by atoms with E-state index in [0.717, 1.165) is 22.9 Å². The normalized spacial score (nSPS) is 22.4. The zero-order valence-electron chi connectivity index (χ0n) is 19.4. The molecule has 0 bridgehead atoms. The number of amides is 1. The number of sulfonamides is 1. The van der Waals surface area contributed by atoms with Crippen LogP contribution in [0.5, 0.6) is 0 Å². The Labute approximate surface area is 211 Å². The van der Waals surface area contributed by atoms with Crippen molar-refractivity contribution in [3.63, 3.8) is 0 Å². The first-order valence-corrected chi connectivity index (χ1v) is 13.3. The molecular formula is C22H26ClF2N5O5S. The fourth-order valence-corrected chi connectivity index (χ4v) is 6.22. The number of nitrogens with one attached hydrogen (secondary N) is 2. The Kier molecular flexibility index (Phi) is 7.81. The van der Waals surface area contributed by atoms with Crippen molar-refractivity contribution in [2.45, 2.75) is 55.2 Å². The number of hydrogen-bond donors (Lipinski definition) is 2. The van der Waals surface area contributed by atoms with E-state index in [2.05, 4.69) is 15.1 Å². The standard InChI is InChI=1S/C22H26ClF2N5O5S/c1-29-21(31)19(23)18(11-26-29)30-10-9-15(12-30)35-22(32)27-13-5-7-14(8-6-13)28-36(33,34)20-16(24)3-2-4-17(20)25/h2-4,11,13-15,28H,5-10,12H2,1H3,(H,27,32)/t13?,14?,15-/m1/s1. The van der Waals surface area contributed by atoms with Crippen molar-refractivity contribution in [1.29, 1.82) is 0 Å². The number of aromatic nitrogens is 2. The number of hydrogen-bond acceptors (Lipinski definition) is 7. The molecule has 14 heteroatoms. The molecule has 2 aliphatic rings. The number of carbonyl (C=O) groups is 1. The maximum Gasteiger partial charge on any atom is 0.407 e. The van der Waals surface area contributed by atoms with Gasteiger partial charge in [-0.15, -0.1) is 0 Å². The first kappa shape index (κ1) is 26.3. The minimum atomic E-state index is -4.37. The first-order chi connectivity index (χ1) is 17.0. The van der Waals surface area contributed by atoms with Gasteiger partial charge in [0, 0.05) is 32.1 Å². The summed E-state index contributed by atoms with van der Waals surface area (Å²) < 4.78 is 61.7. The van der Waals surface area contributed by atoms with E-state index in [0.29, 0.717) is 50.9 Å². The quantitative estimate of drug-likeness (QED) is 0.571. The van der Waals surface area contributed by atoms with Crippen LogP contribution >= 0.6 is 11.6 Å². The summed E-state index contributed by atoms with van der Waals surface area (Å²) in [5.74, 6) is -2.31. The lowest BCUT2D eigenvalue weighted by Gasteiger charge is -2.29. The zero-order chi connectivity index (χ0) is 26.0. The van der Waals surface area contributed by atoms with Crippen LogP contribution in [-0.4, -0.2) is 55.6 Å². The van der Waals surface area contributed by atoms with Crippen LogP contribution in [0.2, 0.25) is 5.02 Å². The van der Waals surface area contributed by atoms with Crippen molar-refractivity contribution < 1.29 is 26.7 Å². The number of halogens is 3. The summed E-state index contributed by atoms with van der Waals surface area (Å²) in [6.07, 6.45) is 2.76. The number of carbonyl (C=O) groups excluding carboxylic acids is 1. The molecule has 196 valence electrons. The molecule has 4 rings (SSSR count). The maximum absolute atomic E-state index is 13.9. The van der Waals surface area contributed by atoms with Gasteiger partial charge in [-0.1, -0.05) is 17.7 Å². The second kappa shape index (κ2) is 10.7. The van der Waals surface area contributed by atoms with Crippen molar-refractivity contribution in [2.24, 2.45) is 7.05 Å². The summed E-state index contributed by atoms with van der Waals surface area (Å²) >= 11 is 6.15. The summed E-state index contributed by atoms with van der Waals surface area (Å²) in [5.41, 5.74) is 0.0792. The molecule has 2 fully saturated rings. The van der Waals surface area contributed by atoms with Gasteiger partial charge in [0.1, 0.15) is 22.8 Å². The first-order valence-electron chi connectivity index (χ1n) is 11.5. The van der Waals surface area contributed by atoms with Crippen molar-refractivity contribution in [2.75, 3.05) is 18.0 Å². The van der Waals surface area contributed by atoms with E-state index >= 15 is 0 Å². The molecule has 1 aliphatic heterocycles. The van der Waals surface area contributed by atoms with E-state index in [4.69, 9.17) is 16.3 Å². The number of anilines is 1. The summed E-state index contributed by atoms with van der Waals surface area (Å²) in [6, 6.07) is 2.14. The van der Waals surface area contributed by atoms with Crippen LogP contribution in [0.25, 0.3) is 0 Å². The highest BCUT2D eigenvalue weighted by atomic mass is 35.5. The van der Waals surface area contributed by atoms with Crippen LogP contribution in [0.4, 0.5) is 19.3 Å². The van der Waals surface area contributed by atoms with Gasteiger partial charge < -0.3 is 15.0 Å². The third-order valence-electron chi connectivity index (χ3n) is 6.38. The molecule has 0 spiro atoms. The Balaban J connectivity index is 1.24. The second-order valence-electron chi connectivity index (χ2n) is 8.90. The van der Waals surface area contributed by atoms with Crippen molar-refractivity contribution in [3.8, 4) is 0 Å². The summed E-state index contributed by atoms with van der Waals surface area (Å²) in [7, 11) is -2.86. The minimum absolute atomic E-state index is 0.0581. The summed E-state index contributed by atoms with van der Waals surface area (Å²) in [5, 5.41) is 6.83. The molecular weight excluding hydrogens is 520 g/mol. The van der Waals surface area contributed by atoms with Crippen molar-refractivity contribution >= 4 is 33.4 Å². The Morgan fingerprint density at radius 2 is 1.78 bits per heavy atom. The van der Waals surface area contributed by atoms with Crippen LogP contribution in [0.3, 0.4) is 0 Å². The smallest absolute Gasteiger partial charge is 0.407 e. The van der Waals surface area contributed by atoms with Crippen molar-refractivity contribution in [1.82, 2.24) is 19.8 Å². The fraction of sp³-hybridized carbons (Fsp3) is 0.500. The molecule has 1 atom stereocenters. The lowest BCUT2D eigenvalue weighted by Crippen LogP contribution is -2.44. The number of aryl methyl sites for hydroxylation is 1. The number of benzene rings is 1. The lowest BCUT2D eigenvalue weighted by molar-refractivity contribution is 0.102. The van der Waals surface area contributed by atoms with Crippen LogP contribution in [0.15, 0.2) is 34.1 Å². The van der Waals surface area contributed by atoms with Gasteiger partial charge in [0.15, 0.2) is 4.90 Å². The SMILES string of the molecule is Cn1ncc(N2CC[C@@H](OC(=O)NC3CCC(NS(=O)(=O)c4c(F)cccc4F)CC3)C2)c(Cl)c1=O. The van der Waals surface area contributed by atoms with E-state index in [9.17, 15) is 26.8 Å². The van der Waals surface area contributed by atoms with E-state index in [1.807, 2.05) is 4.90 Å². The molecule has 10 nitrogen and oxygen atoms in total. The molecule has 1 aliphatic carbocycles. The van der Waals surface area contributed by atoms with E-state index < -0.39 is 50.4 Å². The highest BCUT2D eigenvalue weighted by Gasteiger charge is 2.32. The Morgan fingerprint density at radius 3 is 2.44 bits per heavy atom. The molecule has 2 heterocycles. The number of nitrogens with zero attached hydrogens (tertiary/aromatic N) is 3. The largest absolute Gasteiger partial charge is 0.444 e. The highest BCUT2D eigenvalue weighted by Crippen LogP contribution is 2.27. The van der Waals surface area contributed by atoms with Gasteiger partial charge in [0.05, 0.1) is 18.4 Å². The van der Waals surface area contributed by atoms with Crippen LogP contribution in [0.1, 0.15) is 32.1 Å².